The predicted octanol–water partition coefficient (Wildman–Crippen LogP) is 5.00. The van der Waals surface area contributed by atoms with Crippen LogP contribution in [0.3, 0.4) is 0 Å². The third-order valence-corrected chi connectivity index (χ3v) is 6.73. The Morgan fingerprint density at radius 2 is 1.94 bits per heavy atom. The van der Waals surface area contributed by atoms with Crippen molar-refractivity contribution in [3.8, 4) is 22.1 Å². The molecule has 4 heterocycles. The highest BCUT2D eigenvalue weighted by molar-refractivity contribution is 7.13. The Kier molecular flexibility index (Phi) is 5.02. The molecule has 1 aliphatic rings. The summed E-state index contributed by atoms with van der Waals surface area (Å²) in [7, 11) is 3.26. The Morgan fingerprint density at radius 1 is 1.13 bits per heavy atom. The fourth-order valence-electron chi connectivity index (χ4n) is 4.14. The monoisotopic (exact) mass is 435 g/mol. The fourth-order valence-corrected chi connectivity index (χ4v) is 5.16. The second kappa shape index (κ2) is 7.85. The van der Waals surface area contributed by atoms with Crippen molar-refractivity contribution in [2.75, 3.05) is 19.5 Å². The first-order valence-electron chi connectivity index (χ1n) is 10.4. The third-order valence-electron chi connectivity index (χ3n) is 5.76. The summed E-state index contributed by atoms with van der Waals surface area (Å²) in [6.45, 7) is 5.11. The summed E-state index contributed by atoms with van der Waals surface area (Å²) in [5, 5.41) is 6.69. The lowest BCUT2D eigenvalue weighted by Crippen LogP contribution is -2.09. The Labute approximate surface area is 185 Å². The van der Waals surface area contributed by atoms with E-state index in [0.29, 0.717) is 17.3 Å². The maximum Gasteiger partial charge on any atom is 0.162 e. The standard InChI is InChI=1S/C23H25N5O2S/c1-13(15-8-21(31-12-15)18-11-24-22-6-5-7-28(18)22)25-23-16-9-19(29-3)20(30-4)10-17(16)26-14(2)27-23/h8-13H,5-7H2,1-4H3,(H,25,26,27). The molecule has 0 bridgehead atoms. The molecule has 0 aliphatic carbocycles. The van der Waals surface area contributed by atoms with E-state index >= 15 is 0 Å². The van der Waals surface area contributed by atoms with Crippen LogP contribution in [0.25, 0.3) is 21.5 Å². The molecule has 0 fully saturated rings. The van der Waals surface area contributed by atoms with Crippen molar-refractivity contribution < 1.29 is 9.47 Å². The largest absolute Gasteiger partial charge is 0.493 e. The van der Waals surface area contributed by atoms with Crippen LogP contribution in [-0.4, -0.2) is 33.7 Å². The normalized spacial score (nSPS) is 13.9. The van der Waals surface area contributed by atoms with E-state index in [-0.39, 0.29) is 6.04 Å². The van der Waals surface area contributed by atoms with Crippen LogP contribution >= 0.6 is 11.3 Å². The summed E-state index contributed by atoms with van der Waals surface area (Å²) >= 11 is 1.76. The van der Waals surface area contributed by atoms with Crippen LogP contribution in [0.2, 0.25) is 0 Å². The number of imidazole rings is 1. The van der Waals surface area contributed by atoms with Gasteiger partial charge in [0.15, 0.2) is 11.5 Å². The first-order chi connectivity index (χ1) is 15.1. The molecule has 0 radical (unpaired) electrons. The molecule has 31 heavy (non-hydrogen) atoms. The second-order valence-corrected chi connectivity index (χ2v) is 8.68. The number of thiophene rings is 1. The minimum Gasteiger partial charge on any atom is -0.493 e. The van der Waals surface area contributed by atoms with Crippen LogP contribution in [0, 0.1) is 6.92 Å². The quantitative estimate of drug-likeness (QED) is 0.459. The first-order valence-corrected chi connectivity index (χ1v) is 11.3. The maximum absolute atomic E-state index is 5.49. The molecular weight excluding hydrogens is 410 g/mol. The van der Waals surface area contributed by atoms with E-state index in [1.807, 2.05) is 25.3 Å². The van der Waals surface area contributed by atoms with Gasteiger partial charge in [0.2, 0.25) is 0 Å². The number of nitrogens with one attached hydrogen (secondary N) is 1. The Hall–Kier alpha value is -3.13. The molecule has 4 aromatic rings. The Morgan fingerprint density at radius 3 is 2.74 bits per heavy atom. The van der Waals surface area contributed by atoms with Crippen molar-refractivity contribution in [1.29, 1.82) is 0 Å². The van der Waals surface area contributed by atoms with E-state index in [9.17, 15) is 0 Å². The van der Waals surface area contributed by atoms with Gasteiger partial charge in [-0.15, -0.1) is 11.3 Å². The van der Waals surface area contributed by atoms with Gasteiger partial charge in [-0.3, -0.25) is 0 Å². The molecule has 5 rings (SSSR count). The van der Waals surface area contributed by atoms with Gasteiger partial charge in [0.1, 0.15) is 17.5 Å². The molecule has 160 valence electrons. The van der Waals surface area contributed by atoms with Crippen LogP contribution in [0.15, 0.2) is 29.8 Å². The highest BCUT2D eigenvalue weighted by atomic mass is 32.1. The number of hydrogen-bond donors (Lipinski definition) is 1. The first kappa shape index (κ1) is 19.8. The van der Waals surface area contributed by atoms with E-state index in [4.69, 9.17) is 9.47 Å². The topological polar surface area (TPSA) is 74.1 Å². The molecule has 0 saturated carbocycles. The maximum atomic E-state index is 5.49. The average Bonchev–Trinajstić information content (AvgIpc) is 3.49. The fraction of sp³-hybridized carbons (Fsp3) is 0.348. The van der Waals surface area contributed by atoms with Crippen molar-refractivity contribution in [2.45, 2.75) is 39.3 Å². The zero-order valence-electron chi connectivity index (χ0n) is 18.1. The van der Waals surface area contributed by atoms with E-state index in [1.54, 1.807) is 25.6 Å². The Bertz CT molecular complexity index is 1260. The smallest absolute Gasteiger partial charge is 0.162 e. The second-order valence-electron chi connectivity index (χ2n) is 7.77. The third kappa shape index (κ3) is 3.50. The summed E-state index contributed by atoms with van der Waals surface area (Å²) in [6.07, 6.45) is 4.26. The Balaban J connectivity index is 1.46. The molecule has 1 aliphatic heterocycles. The molecule has 1 N–H and O–H groups in total. The number of fused-ring (bicyclic) bond motifs is 2. The number of aryl methyl sites for hydroxylation is 2. The number of hydrogen-bond acceptors (Lipinski definition) is 7. The number of methoxy groups -OCH3 is 2. The minimum absolute atomic E-state index is 0.0802. The molecule has 0 saturated heterocycles. The molecule has 1 atom stereocenters. The van der Waals surface area contributed by atoms with Crippen LogP contribution in [-0.2, 0) is 13.0 Å². The number of anilines is 1. The van der Waals surface area contributed by atoms with Crippen LogP contribution in [0.1, 0.15) is 36.6 Å². The molecule has 1 aromatic carbocycles. The van der Waals surface area contributed by atoms with Crippen molar-refractivity contribution in [3.63, 3.8) is 0 Å². The molecule has 3 aromatic heterocycles. The summed E-state index contributed by atoms with van der Waals surface area (Å²) in [6, 6.07) is 6.15. The average molecular weight is 436 g/mol. The van der Waals surface area contributed by atoms with Crippen molar-refractivity contribution in [2.24, 2.45) is 0 Å². The molecule has 1 unspecified atom stereocenters. The zero-order chi connectivity index (χ0) is 21.5. The van der Waals surface area contributed by atoms with Crippen molar-refractivity contribution >= 4 is 28.1 Å². The summed E-state index contributed by atoms with van der Waals surface area (Å²) in [4.78, 5) is 15.1. The minimum atomic E-state index is 0.0802. The van der Waals surface area contributed by atoms with Gasteiger partial charge < -0.3 is 19.4 Å². The van der Waals surface area contributed by atoms with Gasteiger partial charge in [0, 0.05) is 24.4 Å². The molecule has 8 heteroatoms. The van der Waals surface area contributed by atoms with Crippen LogP contribution in [0.4, 0.5) is 5.82 Å². The molecule has 0 spiro atoms. The van der Waals surface area contributed by atoms with Gasteiger partial charge in [0.25, 0.3) is 0 Å². The predicted molar refractivity (Wildman–Crippen MR) is 123 cm³/mol. The molecular formula is C23H25N5O2S. The van der Waals surface area contributed by atoms with Gasteiger partial charge in [-0.05, 0) is 43.3 Å². The lowest BCUT2D eigenvalue weighted by molar-refractivity contribution is 0.356. The zero-order valence-corrected chi connectivity index (χ0v) is 18.9. The number of ether oxygens (including phenoxy) is 2. The van der Waals surface area contributed by atoms with Gasteiger partial charge >= 0.3 is 0 Å². The van der Waals surface area contributed by atoms with E-state index in [2.05, 4.69) is 43.2 Å². The number of rotatable bonds is 6. The lowest BCUT2D eigenvalue weighted by Gasteiger charge is -2.17. The van der Waals surface area contributed by atoms with Gasteiger partial charge in [0.05, 0.1) is 42.5 Å². The van der Waals surface area contributed by atoms with Gasteiger partial charge in [-0.1, -0.05) is 0 Å². The molecule has 7 nitrogen and oxygen atoms in total. The lowest BCUT2D eigenvalue weighted by atomic mass is 10.1. The van der Waals surface area contributed by atoms with Crippen LogP contribution < -0.4 is 14.8 Å². The van der Waals surface area contributed by atoms with Crippen molar-refractivity contribution in [3.05, 3.63) is 47.0 Å². The SMILES string of the molecule is COc1cc2nc(C)nc(NC(C)c3csc(-c4cnc5n4CCC5)c3)c2cc1OC. The van der Waals surface area contributed by atoms with Crippen molar-refractivity contribution in [1.82, 2.24) is 19.5 Å². The highest BCUT2D eigenvalue weighted by Crippen LogP contribution is 2.36. The molecule has 0 amide bonds. The summed E-state index contributed by atoms with van der Waals surface area (Å²) in [5.41, 5.74) is 3.26. The summed E-state index contributed by atoms with van der Waals surface area (Å²) < 4.78 is 13.3. The highest BCUT2D eigenvalue weighted by Gasteiger charge is 2.19. The van der Waals surface area contributed by atoms with E-state index in [0.717, 1.165) is 29.7 Å². The van der Waals surface area contributed by atoms with E-state index in [1.165, 1.54) is 28.4 Å². The van der Waals surface area contributed by atoms with Crippen LogP contribution in [0.5, 0.6) is 11.5 Å². The number of aromatic nitrogens is 4. The number of benzene rings is 1. The van der Waals surface area contributed by atoms with E-state index < -0.39 is 0 Å². The number of nitrogens with zero attached hydrogens (tertiary/aromatic N) is 4. The van der Waals surface area contributed by atoms with Gasteiger partial charge in [-0.25, -0.2) is 15.0 Å². The summed E-state index contributed by atoms with van der Waals surface area (Å²) in [5.74, 6) is 4.00. The van der Waals surface area contributed by atoms with Gasteiger partial charge in [-0.2, -0.15) is 0 Å².